The van der Waals surface area contributed by atoms with Gasteiger partial charge < -0.3 is 0 Å². The molecule has 0 unspecified atom stereocenters. The summed E-state index contributed by atoms with van der Waals surface area (Å²) in [5.74, 6) is 0. The fourth-order valence-corrected chi connectivity index (χ4v) is 3.82. The molecule has 1 heterocycles. The van der Waals surface area contributed by atoms with Crippen LogP contribution in [0.4, 0.5) is 11.4 Å². The van der Waals surface area contributed by atoms with E-state index in [1.165, 1.54) is 0 Å². The minimum Gasteiger partial charge on any atom is -0.284 e. The van der Waals surface area contributed by atoms with Crippen molar-refractivity contribution in [1.82, 2.24) is 9.78 Å². The molecular weight excluding hydrogens is 466 g/mol. The first-order chi connectivity index (χ1) is 12.9. The molecule has 0 bridgehead atoms. The van der Waals surface area contributed by atoms with Crippen molar-refractivity contribution < 1.29 is 22.8 Å². The molecule has 0 saturated heterocycles. The van der Waals surface area contributed by atoms with Crippen LogP contribution in [0, 0.1) is 20.2 Å². The third kappa shape index (κ3) is 4.16. The summed E-state index contributed by atoms with van der Waals surface area (Å²) in [7, 11) is -4.70. The van der Waals surface area contributed by atoms with Crippen molar-refractivity contribution in [1.29, 1.82) is 0 Å². The first-order valence-corrected chi connectivity index (χ1v) is 9.16. The summed E-state index contributed by atoms with van der Waals surface area (Å²) in [5, 5.41) is 23.4. The zero-order valence-corrected chi connectivity index (χ0v) is 18.4. The monoisotopic (exact) mass is 471 g/mol. The number of hydrogen-bond acceptors (Lipinski definition) is 7. The van der Waals surface area contributed by atoms with Crippen molar-refractivity contribution >= 4 is 85.2 Å². The fraction of sp³-hybridized carbons (Fsp3) is 0. The first kappa shape index (κ1) is 23.3. The van der Waals surface area contributed by atoms with Crippen LogP contribution in [0.3, 0.4) is 0 Å². The minimum atomic E-state index is -4.70. The molecule has 0 amide bonds. The van der Waals surface area contributed by atoms with E-state index >= 15 is 0 Å². The first-order valence-electron chi connectivity index (χ1n) is 6.96. The smallest absolute Gasteiger partial charge is 0.284 e. The van der Waals surface area contributed by atoms with Gasteiger partial charge in [-0.25, -0.2) is 4.68 Å². The van der Waals surface area contributed by atoms with Gasteiger partial charge in [-0.1, -0.05) is 23.2 Å². The summed E-state index contributed by atoms with van der Waals surface area (Å²) in [6, 6.07) is 3.24. The molecule has 2 N–H and O–H groups in total. The SMILES string of the molecule is O=c1c2cc([N+](=O)[O-])cc([N+](=O)[O-])c2[nH]n1-c1cc(Cl)c(S(=O)(=O)O)cc1Cl.[Na]. The van der Waals surface area contributed by atoms with E-state index in [2.05, 4.69) is 5.10 Å². The molecule has 1 aromatic heterocycles. The number of nitro benzene ring substituents is 2. The number of aromatic nitrogens is 2. The molecule has 147 valence electrons. The number of hydrogen-bond donors (Lipinski definition) is 2. The summed E-state index contributed by atoms with van der Waals surface area (Å²) in [6.07, 6.45) is 0. The second-order valence-electron chi connectivity index (χ2n) is 5.36. The maximum absolute atomic E-state index is 12.6. The van der Waals surface area contributed by atoms with E-state index in [0.29, 0.717) is 10.7 Å². The van der Waals surface area contributed by atoms with Gasteiger partial charge in [0.25, 0.3) is 21.4 Å². The Morgan fingerprint density at radius 3 is 2.17 bits per heavy atom. The number of non-ortho nitro benzene ring substituents is 2. The van der Waals surface area contributed by atoms with Gasteiger partial charge in [0.2, 0.25) is 0 Å². The number of halogens is 2. The molecule has 16 heteroatoms. The molecule has 0 aliphatic heterocycles. The molecule has 0 saturated carbocycles. The van der Waals surface area contributed by atoms with Crippen molar-refractivity contribution in [3.63, 3.8) is 0 Å². The number of benzene rings is 2. The Hall–Kier alpha value is -2.00. The summed E-state index contributed by atoms with van der Waals surface area (Å²) in [5.41, 5.74) is -2.84. The van der Waals surface area contributed by atoms with Crippen molar-refractivity contribution in [3.8, 4) is 5.69 Å². The Labute approximate surface area is 192 Å². The van der Waals surface area contributed by atoms with Gasteiger partial charge in [0, 0.05) is 35.6 Å². The van der Waals surface area contributed by atoms with Gasteiger partial charge in [-0.05, 0) is 12.1 Å². The Kier molecular flexibility index (Phi) is 6.44. The quantitative estimate of drug-likeness (QED) is 0.251. The van der Waals surface area contributed by atoms with E-state index in [9.17, 15) is 33.4 Å². The second kappa shape index (κ2) is 8.02. The van der Waals surface area contributed by atoms with Crippen LogP contribution in [-0.2, 0) is 10.1 Å². The topological polar surface area (TPSA) is 178 Å². The van der Waals surface area contributed by atoms with Crippen molar-refractivity contribution in [3.05, 3.63) is 64.9 Å². The Morgan fingerprint density at radius 2 is 1.66 bits per heavy atom. The number of nitrogens with zero attached hydrogens (tertiary/aromatic N) is 3. The average Bonchev–Trinajstić information content (AvgIpc) is 2.91. The zero-order valence-electron chi connectivity index (χ0n) is 14.1. The summed E-state index contributed by atoms with van der Waals surface area (Å²) >= 11 is 11.8. The van der Waals surface area contributed by atoms with E-state index in [0.717, 1.165) is 18.2 Å². The summed E-state index contributed by atoms with van der Waals surface area (Å²) < 4.78 is 32.4. The molecule has 0 atom stereocenters. The molecule has 12 nitrogen and oxygen atoms in total. The van der Waals surface area contributed by atoms with Crippen LogP contribution < -0.4 is 5.56 Å². The van der Waals surface area contributed by atoms with Crippen LogP contribution in [0.1, 0.15) is 0 Å². The van der Waals surface area contributed by atoms with E-state index in [-0.39, 0.29) is 51.2 Å². The fourth-order valence-electron chi connectivity index (χ4n) is 2.49. The van der Waals surface area contributed by atoms with E-state index < -0.39 is 46.8 Å². The van der Waals surface area contributed by atoms with Gasteiger partial charge in [0.1, 0.15) is 10.4 Å². The van der Waals surface area contributed by atoms with Gasteiger partial charge in [0.05, 0.1) is 37.0 Å². The number of fused-ring (bicyclic) bond motifs is 1. The van der Waals surface area contributed by atoms with Gasteiger partial charge in [-0.3, -0.25) is 34.7 Å². The summed E-state index contributed by atoms with van der Waals surface area (Å²) in [6.45, 7) is 0. The van der Waals surface area contributed by atoms with Gasteiger partial charge >= 0.3 is 5.69 Å². The van der Waals surface area contributed by atoms with Crippen molar-refractivity contribution in [2.45, 2.75) is 4.90 Å². The molecule has 0 fully saturated rings. The number of aromatic amines is 1. The van der Waals surface area contributed by atoms with Gasteiger partial charge in [0.15, 0.2) is 0 Å². The molecule has 0 spiro atoms. The van der Waals surface area contributed by atoms with Crippen LogP contribution in [0.15, 0.2) is 34.0 Å². The Bertz CT molecular complexity index is 1350. The maximum Gasteiger partial charge on any atom is 0.301 e. The third-order valence-corrected chi connectivity index (χ3v) is 5.31. The minimum absolute atomic E-state index is 0. The van der Waals surface area contributed by atoms with Gasteiger partial charge in [-0.15, -0.1) is 0 Å². The number of rotatable bonds is 4. The van der Waals surface area contributed by atoms with Crippen molar-refractivity contribution in [2.75, 3.05) is 0 Å². The van der Waals surface area contributed by atoms with Gasteiger partial charge in [-0.2, -0.15) is 8.42 Å². The van der Waals surface area contributed by atoms with Crippen LogP contribution in [0.25, 0.3) is 16.6 Å². The largest absolute Gasteiger partial charge is 0.301 e. The van der Waals surface area contributed by atoms with E-state index in [1.807, 2.05) is 0 Å². The van der Waals surface area contributed by atoms with Crippen molar-refractivity contribution in [2.24, 2.45) is 0 Å². The predicted molar refractivity (Wildman–Crippen MR) is 103 cm³/mol. The van der Waals surface area contributed by atoms with Crippen LogP contribution >= 0.6 is 23.2 Å². The molecule has 3 aromatic rings. The molecule has 29 heavy (non-hydrogen) atoms. The number of nitrogens with one attached hydrogen (secondary N) is 1. The number of nitro groups is 2. The van der Waals surface area contributed by atoms with Crippen LogP contribution in [-0.4, -0.2) is 62.2 Å². The Morgan fingerprint density at radius 1 is 1.03 bits per heavy atom. The standard InChI is InChI=1S/C13H6Cl2N4O8S.Na/c14-7-4-11(28(25,26)27)8(15)3-9(7)17-13(20)6-1-5(18(21)22)2-10(19(23)24)12(6)16-17;/h1-4,16H,(H,25,26,27);. The Balaban J connectivity index is 0.00000300. The summed E-state index contributed by atoms with van der Waals surface area (Å²) in [4.78, 5) is 32.3. The number of H-pyrrole nitrogens is 1. The maximum atomic E-state index is 12.6. The normalized spacial score (nSPS) is 11.3. The predicted octanol–water partition coefficient (Wildman–Crippen LogP) is 2.31. The third-order valence-electron chi connectivity index (χ3n) is 3.69. The van der Waals surface area contributed by atoms with E-state index in [4.69, 9.17) is 27.8 Å². The molecular formula is C13H6Cl2N4NaO8S. The second-order valence-corrected chi connectivity index (χ2v) is 7.57. The van der Waals surface area contributed by atoms with Crippen LogP contribution in [0.5, 0.6) is 0 Å². The zero-order chi connectivity index (χ0) is 21.0. The van der Waals surface area contributed by atoms with E-state index in [1.54, 1.807) is 0 Å². The average molecular weight is 472 g/mol. The molecule has 0 aliphatic carbocycles. The molecule has 2 aromatic carbocycles. The van der Waals surface area contributed by atoms with Crippen LogP contribution in [0.2, 0.25) is 10.0 Å². The molecule has 0 aliphatic rings. The molecule has 1 radical (unpaired) electrons. The molecule has 3 rings (SSSR count).